The maximum absolute atomic E-state index is 11.4. The second-order valence-electron chi connectivity index (χ2n) is 4.37. The highest BCUT2D eigenvalue weighted by Crippen LogP contribution is 2.40. The summed E-state index contributed by atoms with van der Waals surface area (Å²) in [5.41, 5.74) is -0.310. The molecule has 0 aromatic carbocycles. The molecule has 0 bridgehead atoms. The van der Waals surface area contributed by atoms with E-state index >= 15 is 0 Å². The molecule has 0 saturated heterocycles. The standard InChI is InChI=1S/C11H17NO2/c1-8(13)11(2)5-4-10(14-3)9(6-11)7-12/h9-10H,4-6H2,1-3H3/t9?,10?,11-/m1/s1. The number of carbonyl (C=O) groups excluding carboxylic acids is 1. The molecule has 3 atom stereocenters. The molecule has 3 nitrogen and oxygen atoms in total. The van der Waals surface area contributed by atoms with E-state index in [0.29, 0.717) is 6.42 Å². The highest BCUT2D eigenvalue weighted by molar-refractivity contribution is 5.82. The first-order chi connectivity index (χ1) is 6.53. The number of Topliss-reactive ketones (excluding diaryl/α,β-unsaturated/α-hetero) is 1. The van der Waals surface area contributed by atoms with Gasteiger partial charge in [0.1, 0.15) is 5.78 Å². The van der Waals surface area contributed by atoms with Gasteiger partial charge in [-0.1, -0.05) is 6.92 Å². The van der Waals surface area contributed by atoms with Crippen LogP contribution in [0, 0.1) is 22.7 Å². The SMILES string of the molecule is COC1CC[C@@](C)(C(C)=O)CC1C#N. The van der Waals surface area contributed by atoms with Crippen LogP contribution >= 0.6 is 0 Å². The third-order valence-corrected chi connectivity index (χ3v) is 3.42. The molecule has 1 saturated carbocycles. The molecule has 0 aliphatic heterocycles. The fourth-order valence-electron chi connectivity index (χ4n) is 2.11. The van der Waals surface area contributed by atoms with Crippen LogP contribution in [0.5, 0.6) is 0 Å². The lowest BCUT2D eigenvalue weighted by atomic mass is 9.68. The van der Waals surface area contributed by atoms with Gasteiger partial charge in [0, 0.05) is 12.5 Å². The number of rotatable bonds is 2. The van der Waals surface area contributed by atoms with Crippen LogP contribution in [0.15, 0.2) is 0 Å². The van der Waals surface area contributed by atoms with Crippen molar-refractivity contribution in [2.75, 3.05) is 7.11 Å². The average molecular weight is 195 g/mol. The molecule has 0 heterocycles. The van der Waals surface area contributed by atoms with Crippen LogP contribution < -0.4 is 0 Å². The lowest BCUT2D eigenvalue weighted by Crippen LogP contribution is -2.39. The molecule has 0 aromatic rings. The number of nitriles is 1. The Morgan fingerprint density at radius 3 is 2.71 bits per heavy atom. The maximum atomic E-state index is 11.4. The molecular formula is C11H17NO2. The van der Waals surface area contributed by atoms with Gasteiger partial charge >= 0.3 is 0 Å². The average Bonchev–Trinajstić information content (AvgIpc) is 2.17. The van der Waals surface area contributed by atoms with Crippen LogP contribution in [-0.4, -0.2) is 19.0 Å². The minimum absolute atomic E-state index is 0.00687. The van der Waals surface area contributed by atoms with Gasteiger partial charge in [-0.2, -0.15) is 5.26 Å². The van der Waals surface area contributed by atoms with Gasteiger partial charge < -0.3 is 4.74 Å². The third-order valence-electron chi connectivity index (χ3n) is 3.42. The lowest BCUT2D eigenvalue weighted by Gasteiger charge is -2.37. The predicted octanol–water partition coefficient (Wildman–Crippen LogP) is 1.92. The molecule has 0 spiro atoms. The van der Waals surface area contributed by atoms with Gasteiger partial charge in [0.05, 0.1) is 18.1 Å². The maximum Gasteiger partial charge on any atom is 0.135 e. The van der Waals surface area contributed by atoms with E-state index in [4.69, 9.17) is 10.00 Å². The number of nitrogens with zero attached hydrogens (tertiary/aromatic N) is 1. The van der Waals surface area contributed by atoms with E-state index in [1.165, 1.54) is 0 Å². The Kier molecular flexibility index (Phi) is 3.28. The van der Waals surface area contributed by atoms with Crippen molar-refractivity contribution in [3.8, 4) is 6.07 Å². The van der Waals surface area contributed by atoms with Crippen LogP contribution in [0.25, 0.3) is 0 Å². The van der Waals surface area contributed by atoms with E-state index in [2.05, 4.69) is 6.07 Å². The summed E-state index contributed by atoms with van der Waals surface area (Å²) in [7, 11) is 1.63. The minimum Gasteiger partial charge on any atom is -0.380 e. The van der Waals surface area contributed by atoms with E-state index in [-0.39, 0.29) is 23.2 Å². The Morgan fingerprint density at radius 1 is 1.64 bits per heavy atom. The summed E-state index contributed by atoms with van der Waals surface area (Å²) >= 11 is 0. The zero-order valence-electron chi connectivity index (χ0n) is 9.04. The largest absolute Gasteiger partial charge is 0.380 e. The molecule has 78 valence electrons. The van der Waals surface area contributed by atoms with E-state index < -0.39 is 0 Å². The molecular weight excluding hydrogens is 178 g/mol. The van der Waals surface area contributed by atoms with Crippen molar-refractivity contribution < 1.29 is 9.53 Å². The van der Waals surface area contributed by atoms with Crippen LogP contribution in [0.3, 0.4) is 0 Å². The molecule has 14 heavy (non-hydrogen) atoms. The number of ether oxygens (including phenoxy) is 1. The summed E-state index contributed by atoms with van der Waals surface area (Å²) in [5.74, 6) is 0.0509. The number of hydrogen-bond acceptors (Lipinski definition) is 3. The van der Waals surface area contributed by atoms with Gasteiger partial charge in [0.25, 0.3) is 0 Å². The molecule has 0 aromatic heterocycles. The quantitative estimate of drug-likeness (QED) is 0.676. The van der Waals surface area contributed by atoms with Gasteiger partial charge in [-0.3, -0.25) is 4.79 Å². The minimum atomic E-state index is -0.310. The lowest BCUT2D eigenvalue weighted by molar-refractivity contribution is -0.130. The second-order valence-corrected chi connectivity index (χ2v) is 4.37. The highest BCUT2D eigenvalue weighted by Gasteiger charge is 2.40. The molecule has 2 unspecified atom stereocenters. The Morgan fingerprint density at radius 2 is 2.29 bits per heavy atom. The van der Waals surface area contributed by atoms with Crippen LogP contribution in [0.1, 0.15) is 33.1 Å². The van der Waals surface area contributed by atoms with E-state index in [0.717, 1.165) is 12.8 Å². The summed E-state index contributed by atoms with van der Waals surface area (Å²) in [6, 6.07) is 2.24. The zero-order valence-corrected chi connectivity index (χ0v) is 9.04. The number of carbonyl (C=O) groups is 1. The van der Waals surface area contributed by atoms with Crippen molar-refractivity contribution in [1.29, 1.82) is 5.26 Å². The van der Waals surface area contributed by atoms with E-state index in [1.807, 2.05) is 6.92 Å². The second kappa shape index (κ2) is 4.10. The fourth-order valence-corrected chi connectivity index (χ4v) is 2.11. The molecule has 1 fully saturated rings. The Labute approximate surface area is 85.1 Å². The molecule has 0 N–H and O–H groups in total. The molecule has 1 aliphatic carbocycles. The summed E-state index contributed by atoms with van der Waals surface area (Å²) in [6.07, 6.45) is 2.29. The summed E-state index contributed by atoms with van der Waals surface area (Å²) in [6.45, 7) is 3.56. The summed E-state index contributed by atoms with van der Waals surface area (Å²) in [4.78, 5) is 11.4. The first-order valence-corrected chi connectivity index (χ1v) is 4.97. The van der Waals surface area contributed by atoms with Crippen molar-refractivity contribution in [1.82, 2.24) is 0 Å². The smallest absolute Gasteiger partial charge is 0.135 e. The third kappa shape index (κ3) is 1.96. The topological polar surface area (TPSA) is 50.1 Å². The summed E-state index contributed by atoms with van der Waals surface area (Å²) < 4.78 is 5.23. The van der Waals surface area contributed by atoms with Gasteiger partial charge in [0.15, 0.2) is 0 Å². The first-order valence-electron chi connectivity index (χ1n) is 4.97. The van der Waals surface area contributed by atoms with Gasteiger partial charge in [-0.05, 0) is 26.2 Å². The van der Waals surface area contributed by atoms with E-state index in [1.54, 1.807) is 14.0 Å². The van der Waals surface area contributed by atoms with Crippen LogP contribution in [-0.2, 0) is 9.53 Å². The van der Waals surface area contributed by atoms with Gasteiger partial charge in [-0.25, -0.2) is 0 Å². The van der Waals surface area contributed by atoms with Crippen LogP contribution in [0.2, 0.25) is 0 Å². The molecule has 1 aliphatic rings. The van der Waals surface area contributed by atoms with Crippen molar-refractivity contribution in [2.24, 2.45) is 11.3 Å². The van der Waals surface area contributed by atoms with E-state index in [9.17, 15) is 4.79 Å². The van der Waals surface area contributed by atoms with Crippen molar-refractivity contribution in [3.05, 3.63) is 0 Å². The Hall–Kier alpha value is -0.880. The van der Waals surface area contributed by atoms with Crippen molar-refractivity contribution in [2.45, 2.75) is 39.2 Å². The molecule has 0 amide bonds. The van der Waals surface area contributed by atoms with Gasteiger partial charge in [-0.15, -0.1) is 0 Å². The molecule has 3 heteroatoms. The predicted molar refractivity (Wildman–Crippen MR) is 52.5 cm³/mol. The van der Waals surface area contributed by atoms with Crippen molar-refractivity contribution in [3.63, 3.8) is 0 Å². The summed E-state index contributed by atoms with van der Waals surface area (Å²) in [5, 5.41) is 8.97. The molecule has 0 radical (unpaired) electrons. The highest BCUT2D eigenvalue weighted by atomic mass is 16.5. The fraction of sp³-hybridized carbons (Fsp3) is 0.818. The molecule has 1 rings (SSSR count). The normalized spacial score (nSPS) is 37.6. The number of methoxy groups -OCH3 is 1. The Bertz CT molecular complexity index is 269. The number of hydrogen-bond donors (Lipinski definition) is 0. The van der Waals surface area contributed by atoms with Crippen molar-refractivity contribution >= 4 is 5.78 Å². The Balaban J connectivity index is 2.76. The zero-order chi connectivity index (χ0) is 10.8. The van der Waals surface area contributed by atoms with Gasteiger partial charge in [0.2, 0.25) is 0 Å². The number of ketones is 1. The monoisotopic (exact) mass is 195 g/mol. The first kappa shape index (κ1) is 11.2. The van der Waals surface area contributed by atoms with Crippen LogP contribution in [0.4, 0.5) is 0 Å².